The van der Waals surface area contributed by atoms with E-state index in [0.29, 0.717) is 36.2 Å². The van der Waals surface area contributed by atoms with E-state index in [0.717, 1.165) is 0 Å². The SMILES string of the molecule is Cc1nc(N2CCS(=O)CC2)ncc1C(=O)O. The van der Waals surface area contributed by atoms with Crippen molar-refractivity contribution in [1.82, 2.24) is 9.97 Å². The van der Waals surface area contributed by atoms with Crippen LogP contribution < -0.4 is 4.90 Å². The number of aromatic nitrogens is 2. The normalized spacial score (nSPS) is 17.1. The Morgan fingerprint density at radius 1 is 1.47 bits per heavy atom. The van der Waals surface area contributed by atoms with Gasteiger partial charge in [0.05, 0.1) is 11.3 Å². The third kappa shape index (κ3) is 2.60. The molecule has 0 atom stereocenters. The number of hydrogen-bond donors (Lipinski definition) is 1. The van der Waals surface area contributed by atoms with Crippen molar-refractivity contribution in [2.24, 2.45) is 0 Å². The molecule has 0 saturated carbocycles. The second-order valence-corrected chi connectivity index (χ2v) is 5.51. The fraction of sp³-hybridized carbons (Fsp3) is 0.500. The van der Waals surface area contributed by atoms with Crippen LogP contribution in [-0.2, 0) is 10.8 Å². The van der Waals surface area contributed by atoms with E-state index < -0.39 is 16.8 Å². The van der Waals surface area contributed by atoms with Crippen LogP contribution in [-0.4, -0.2) is 49.8 Å². The van der Waals surface area contributed by atoms with Gasteiger partial charge in [-0.1, -0.05) is 0 Å². The van der Waals surface area contributed by atoms with E-state index in [1.807, 2.05) is 4.90 Å². The van der Waals surface area contributed by atoms with Crippen LogP contribution in [0, 0.1) is 6.92 Å². The van der Waals surface area contributed by atoms with E-state index in [2.05, 4.69) is 9.97 Å². The minimum Gasteiger partial charge on any atom is -0.478 e. The van der Waals surface area contributed by atoms with Gasteiger partial charge in [0.1, 0.15) is 0 Å². The summed E-state index contributed by atoms with van der Waals surface area (Å²) in [7, 11) is -0.743. The van der Waals surface area contributed by atoms with Gasteiger partial charge in [0, 0.05) is 41.6 Å². The number of nitrogens with zero attached hydrogens (tertiary/aromatic N) is 3. The van der Waals surface area contributed by atoms with Crippen LogP contribution in [0.15, 0.2) is 6.20 Å². The van der Waals surface area contributed by atoms with E-state index in [1.165, 1.54) is 6.20 Å². The van der Waals surface area contributed by atoms with Crippen molar-refractivity contribution >= 4 is 22.7 Å². The molecular weight excluding hydrogens is 242 g/mol. The van der Waals surface area contributed by atoms with E-state index in [1.54, 1.807) is 6.92 Å². The lowest BCUT2D eigenvalue weighted by molar-refractivity contribution is 0.0695. The van der Waals surface area contributed by atoms with Crippen LogP contribution in [0.4, 0.5) is 5.95 Å². The number of aromatic carboxylic acids is 1. The summed E-state index contributed by atoms with van der Waals surface area (Å²) in [6.45, 7) is 2.95. The maximum atomic E-state index is 11.2. The highest BCUT2D eigenvalue weighted by Crippen LogP contribution is 2.13. The summed E-state index contributed by atoms with van der Waals surface area (Å²) in [5, 5.41) is 8.87. The molecule has 1 aromatic rings. The van der Waals surface area contributed by atoms with Crippen LogP contribution in [0.25, 0.3) is 0 Å². The van der Waals surface area contributed by atoms with Crippen LogP contribution in [0.2, 0.25) is 0 Å². The molecule has 1 aliphatic rings. The average Bonchev–Trinajstić information content (AvgIpc) is 2.29. The van der Waals surface area contributed by atoms with E-state index >= 15 is 0 Å². The fourth-order valence-electron chi connectivity index (χ4n) is 1.66. The molecule has 0 unspecified atom stereocenters. The molecule has 92 valence electrons. The summed E-state index contributed by atoms with van der Waals surface area (Å²) in [6, 6.07) is 0. The van der Waals surface area contributed by atoms with Gasteiger partial charge >= 0.3 is 5.97 Å². The van der Waals surface area contributed by atoms with Gasteiger partial charge in [0.2, 0.25) is 5.95 Å². The molecule has 6 nitrogen and oxygen atoms in total. The van der Waals surface area contributed by atoms with E-state index in [4.69, 9.17) is 5.11 Å². The van der Waals surface area contributed by atoms with Crippen LogP contribution >= 0.6 is 0 Å². The van der Waals surface area contributed by atoms with Crippen molar-refractivity contribution in [2.75, 3.05) is 29.5 Å². The van der Waals surface area contributed by atoms with Gasteiger partial charge in [-0.2, -0.15) is 0 Å². The maximum absolute atomic E-state index is 11.2. The number of hydrogen-bond acceptors (Lipinski definition) is 5. The first-order valence-corrected chi connectivity index (χ1v) is 6.73. The Hall–Kier alpha value is -1.50. The van der Waals surface area contributed by atoms with E-state index in [-0.39, 0.29) is 5.56 Å². The molecule has 0 amide bonds. The third-order valence-electron chi connectivity index (χ3n) is 2.66. The first-order chi connectivity index (χ1) is 8.08. The Bertz CT molecular complexity index is 468. The Labute approximate surface area is 101 Å². The molecule has 2 rings (SSSR count). The van der Waals surface area contributed by atoms with Crippen molar-refractivity contribution in [2.45, 2.75) is 6.92 Å². The molecular formula is C10H13N3O3S. The molecule has 1 aromatic heterocycles. The Balaban J connectivity index is 2.20. The number of aryl methyl sites for hydroxylation is 1. The summed E-state index contributed by atoms with van der Waals surface area (Å²) in [5.41, 5.74) is 0.573. The smallest absolute Gasteiger partial charge is 0.339 e. The summed E-state index contributed by atoms with van der Waals surface area (Å²) in [5.74, 6) is 0.726. The zero-order valence-electron chi connectivity index (χ0n) is 9.42. The predicted molar refractivity (Wildman–Crippen MR) is 63.8 cm³/mol. The molecule has 0 aromatic carbocycles. The van der Waals surface area contributed by atoms with Gasteiger partial charge in [-0.15, -0.1) is 0 Å². The highest BCUT2D eigenvalue weighted by Gasteiger charge is 2.19. The van der Waals surface area contributed by atoms with Crippen LogP contribution in [0.3, 0.4) is 0 Å². The minimum absolute atomic E-state index is 0.120. The van der Waals surface area contributed by atoms with Crippen molar-refractivity contribution in [3.05, 3.63) is 17.5 Å². The zero-order valence-corrected chi connectivity index (χ0v) is 10.2. The maximum Gasteiger partial charge on any atom is 0.339 e. The van der Waals surface area contributed by atoms with Gasteiger partial charge in [0.15, 0.2) is 0 Å². The summed E-state index contributed by atoms with van der Waals surface area (Å²) < 4.78 is 11.2. The van der Waals surface area contributed by atoms with Gasteiger partial charge in [0.25, 0.3) is 0 Å². The summed E-state index contributed by atoms with van der Waals surface area (Å²) in [6.07, 6.45) is 1.32. The lowest BCUT2D eigenvalue weighted by atomic mass is 10.2. The molecule has 0 bridgehead atoms. The standard InChI is InChI=1S/C10H13N3O3S/c1-7-8(9(14)15)6-11-10(12-7)13-2-4-17(16)5-3-13/h6H,2-5H2,1H3,(H,14,15). The third-order valence-corrected chi connectivity index (χ3v) is 3.93. The number of carbonyl (C=O) groups is 1. The fourth-order valence-corrected chi connectivity index (χ4v) is 2.71. The Morgan fingerprint density at radius 2 is 2.12 bits per heavy atom. The van der Waals surface area contributed by atoms with Gasteiger partial charge in [-0.25, -0.2) is 14.8 Å². The zero-order chi connectivity index (χ0) is 12.4. The summed E-state index contributed by atoms with van der Waals surface area (Å²) >= 11 is 0. The minimum atomic E-state index is -1.02. The molecule has 1 saturated heterocycles. The molecule has 0 spiro atoms. The molecule has 1 fully saturated rings. The number of rotatable bonds is 2. The molecule has 2 heterocycles. The van der Waals surface area contributed by atoms with Crippen molar-refractivity contribution < 1.29 is 14.1 Å². The average molecular weight is 255 g/mol. The van der Waals surface area contributed by atoms with E-state index in [9.17, 15) is 9.00 Å². The van der Waals surface area contributed by atoms with Crippen LogP contribution in [0.5, 0.6) is 0 Å². The van der Waals surface area contributed by atoms with Crippen molar-refractivity contribution in [3.8, 4) is 0 Å². The molecule has 0 aliphatic carbocycles. The topological polar surface area (TPSA) is 83.4 Å². The number of carboxylic acid groups (broad SMARTS) is 1. The second-order valence-electron chi connectivity index (χ2n) is 3.81. The first kappa shape index (κ1) is 12.0. The van der Waals surface area contributed by atoms with Crippen molar-refractivity contribution in [3.63, 3.8) is 0 Å². The van der Waals surface area contributed by atoms with Gasteiger partial charge < -0.3 is 10.0 Å². The lowest BCUT2D eigenvalue weighted by Crippen LogP contribution is -2.38. The summed E-state index contributed by atoms with van der Waals surface area (Å²) in [4.78, 5) is 21.0. The quantitative estimate of drug-likeness (QED) is 0.804. The number of anilines is 1. The molecule has 7 heteroatoms. The molecule has 0 radical (unpaired) electrons. The predicted octanol–water partition coefficient (Wildman–Crippen LogP) is 0.0519. The largest absolute Gasteiger partial charge is 0.478 e. The Morgan fingerprint density at radius 3 is 2.65 bits per heavy atom. The van der Waals surface area contributed by atoms with Crippen molar-refractivity contribution in [1.29, 1.82) is 0 Å². The molecule has 17 heavy (non-hydrogen) atoms. The highest BCUT2D eigenvalue weighted by molar-refractivity contribution is 7.85. The monoisotopic (exact) mass is 255 g/mol. The Kier molecular flexibility index (Phi) is 3.37. The highest BCUT2D eigenvalue weighted by atomic mass is 32.2. The number of carboxylic acids is 1. The van der Waals surface area contributed by atoms with Gasteiger partial charge in [-0.05, 0) is 6.92 Å². The lowest BCUT2D eigenvalue weighted by Gasteiger charge is -2.26. The van der Waals surface area contributed by atoms with Gasteiger partial charge in [-0.3, -0.25) is 4.21 Å². The first-order valence-electron chi connectivity index (χ1n) is 5.25. The molecule has 1 aliphatic heterocycles. The molecule has 1 N–H and O–H groups in total. The van der Waals surface area contributed by atoms with Crippen LogP contribution in [0.1, 0.15) is 16.1 Å². The second kappa shape index (κ2) is 4.79.